The zero-order valence-electron chi connectivity index (χ0n) is 20.5. The van der Waals surface area contributed by atoms with Crippen molar-refractivity contribution < 1.29 is 63.3 Å². The van der Waals surface area contributed by atoms with Gasteiger partial charge in [0.25, 0.3) is 0 Å². The minimum absolute atomic E-state index is 0.0469. The summed E-state index contributed by atoms with van der Waals surface area (Å²) in [6.45, 7) is 0. The van der Waals surface area contributed by atoms with E-state index in [2.05, 4.69) is 4.74 Å². The van der Waals surface area contributed by atoms with Crippen LogP contribution in [0.3, 0.4) is 0 Å². The Bertz CT molecular complexity index is 1800. The molecule has 0 bridgehead atoms. The van der Waals surface area contributed by atoms with E-state index in [1.54, 1.807) is 0 Å². The molecule has 0 fully saturated rings. The highest BCUT2D eigenvalue weighted by Crippen LogP contribution is 2.53. The Labute approximate surface area is 221 Å². The molecule has 3 atom stereocenters. The smallest absolute Gasteiger partial charge is 0.374 e. The number of phenols is 3. The zero-order chi connectivity index (χ0) is 28.8. The number of hydrogen-bond donors (Lipinski definition) is 5. The van der Waals surface area contributed by atoms with Crippen LogP contribution in [0.5, 0.6) is 28.7 Å². The van der Waals surface area contributed by atoms with Crippen LogP contribution in [0.1, 0.15) is 36.8 Å². The zero-order valence-corrected chi connectivity index (χ0v) is 20.5. The van der Waals surface area contributed by atoms with Crippen molar-refractivity contribution in [3.63, 3.8) is 0 Å². The van der Waals surface area contributed by atoms with E-state index >= 15 is 0 Å². The third-order valence-electron chi connectivity index (χ3n) is 7.11. The van der Waals surface area contributed by atoms with Gasteiger partial charge in [0.1, 0.15) is 17.2 Å². The Kier molecular flexibility index (Phi) is 5.17. The first kappa shape index (κ1) is 25.2. The molecule has 3 aliphatic rings. The highest BCUT2D eigenvalue weighted by Gasteiger charge is 2.63. The summed E-state index contributed by atoms with van der Waals surface area (Å²) in [5.74, 6) is -9.95. The summed E-state index contributed by atoms with van der Waals surface area (Å²) in [4.78, 5) is 51.2. The Hall–Kier alpha value is -5.08. The van der Waals surface area contributed by atoms with Gasteiger partial charge in [-0.1, -0.05) is 0 Å². The number of hydrogen-bond acceptors (Lipinski definition) is 14. The largest absolute Gasteiger partial charge is 0.507 e. The molecule has 0 radical (unpaired) electrons. The maximum Gasteiger partial charge on any atom is 0.374 e. The van der Waals surface area contributed by atoms with E-state index in [-0.39, 0.29) is 23.1 Å². The summed E-state index contributed by atoms with van der Waals surface area (Å²) < 4.78 is 25.8. The second-order valence-corrected chi connectivity index (χ2v) is 9.21. The molecular formula is C26H18O14. The van der Waals surface area contributed by atoms with E-state index in [0.29, 0.717) is 0 Å². The summed E-state index contributed by atoms with van der Waals surface area (Å²) in [6.07, 6.45) is -4.28. The first-order chi connectivity index (χ1) is 18.9. The number of aromatic hydroxyl groups is 3. The Morgan fingerprint density at radius 2 is 1.70 bits per heavy atom. The van der Waals surface area contributed by atoms with E-state index < -0.39 is 97.8 Å². The van der Waals surface area contributed by atoms with E-state index in [0.717, 1.165) is 26.4 Å². The number of carbonyl (C=O) groups excluding carboxylic acids is 3. The number of fused-ring (bicyclic) bond motifs is 3. The average molecular weight is 554 g/mol. The SMILES string of the molecule is COC(=O)c1cc2cc3c(c(O)c2c(=O)o1)OC1(OC2=C(C(=O)c4c(O)cc(OC)c(O)c4C2=O)C1O)C(O)C3. The van der Waals surface area contributed by atoms with Crippen LogP contribution in [0.2, 0.25) is 0 Å². The van der Waals surface area contributed by atoms with Gasteiger partial charge in [0.15, 0.2) is 40.6 Å². The Morgan fingerprint density at radius 1 is 0.975 bits per heavy atom. The van der Waals surface area contributed by atoms with Crippen LogP contribution < -0.4 is 15.1 Å². The number of rotatable bonds is 2. The quantitative estimate of drug-likeness (QED) is 0.214. The van der Waals surface area contributed by atoms with Crippen molar-refractivity contribution in [1.82, 2.24) is 0 Å². The van der Waals surface area contributed by atoms with E-state index in [4.69, 9.17) is 18.6 Å². The Morgan fingerprint density at radius 3 is 2.38 bits per heavy atom. The minimum Gasteiger partial charge on any atom is -0.507 e. The van der Waals surface area contributed by atoms with Crippen molar-refractivity contribution in [3.8, 4) is 28.7 Å². The van der Waals surface area contributed by atoms with Gasteiger partial charge >= 0.3 is 17.4 Å². The number of ether oxygens (including phenoxy) is 4. The van der Waals surface area contributed by atoms with Gasteiger partial charge in [-0.15, -0.1) is 0 Å². The van der Waals surface area contributed by atoms with Crippen molar-refractivity contribution in [2.45, 2.75) is 24.4 Å². The first-order valence-corrected chi connectivity index (χ1v) is 11.6. The fraction of sp³-hybridized carbons (Fsp3) is 0.231. The minimum atomic E-state index is -2.56. The van der Waals surface area contributed by atoms with Crippen LogP contribution in [0.4, 0.5) is 0 Å². The lowest BCUT2D eigenvalue weighted by Gasteiger charge is -2.41. The van der Waals surface area contributed by atoms with Crippen molar-refractivity contribution in [2.24, 2.45) is 0 Å². The molecule has 0 saturated heterocycles. The predicted octanol–water partition coefficient (Wildman–Crippen LogP) is 0.422. The molecule has 2 aromatic carbocycles. The molecule has 14 heteroatoms. The normalized spacial score (nSPS) is 22.9. The lowest BCUT2D eigenvalue weighted by atomic mass is 9.82. The van der Waals surface area contributed by atoms with E-state index in [1.807, 2.05) is 0 Å². The maximum atomic E-state index is 13.4. The molecule has 1 spiro atoms. The van der Waals surface area contributed by atoms with Gasteiger partial charge in [0.2, 0.25) is 11.5 Å². The molecule has 14 nitrogen and oxygen atoms in total. The molecular weight excluding hydrogens is 536 g/mol. The molecule has 6 rings (SSSR count). The molecule has 0 saturated carbocycles. The third kappa shape index (κ3) is 3.05. The number of phenolic OH excluding ortho intramolecular Hbond substituents is 3. The number of benzene rings is 2. The van der Waals surface area contributed by atoms with Crippen LogP contribution in [0.15, 0.2) is 38.7 Å². The lowest BCUT2D eigenvalue weighted by Crippen LogP contribution is -2.59. The van der Waals surface area contributed by atoms with Gasteiger partial charge in [-0.2, -0.15) is 0 Å². The molecule has 206 valence electrons. The van der Waals surface area contributed by atoms with Crippen molar-refractivity contribution in [3.05, 3.63) is 62.4 Å². The van der Waals surface area contributed by atoms with Gasteiger partial charge in [-0.05, 0) is 17.5 Å². The summed E-state index contributed by atoms with van der Waals surface area (Å²) >= 11 is 0. The molecule has 1 aromatic heterocycles. The summed E-state index contributed by atoms with van der Waals surface area (Å²) in [5.41, 5.74) is -2.95. The van der Waals surface area contributed by atoms with Crippen molar-refractivity contribution >= 4 is 28.3 Å². The topological polar surface area (TPSA) is 219 Å². The van der Waals surface area contributed by atoms with Crippen LogP contribution in [-0.2, 0) is 15.9 Å². The van der Waals surface area contributed by atoms with E-state index in [1.165, 1.54) is 6.07 Å². The van der Waals surface area contributed by atoms with Crippen LogP contribution in [-0.4, -0.2) is 75.3 Å². The lowest BCUT2D eigenvalue weighted by molar-refractivity contribution is -0.246. The number of ketones is 2. The van der Waals surface area contributed by atoms with Gasteiger partial charge in [-0.3, -0.25) is 9.59 Å². The molecule has 3 aromatic rings. The number of aliphatic hydroxyl groups excluding tert-OH is 2. The molecule has 0 amide bonds. The monoisotopic (exact) mass is 554 g/mol. The molecule has 2 aliphatic heterocycles. The highest BCUT2D eigenvalue weighted by molar-refractivity contribution is 6.29. The second kappa shape index (κ2) is 8.21. The van der Waals surface area contributed by atoms with Crippen LogP contribution in [0, 0.1) is 0 Å². The maximum absolute atomic E-state index is 13.4. The van der Waals surface area contributed by atoms with Gasteiger partial charge < -0.3 is 48.9 Å². The fourth-order valence-electron chi connectivity index (χ4n) is 5.23. The first-order valence-electron chi connectivity index (χ1n) is 11.6. The number of carbonyl (C=O) groups is 3. The van der Waals surface area contributed by atoms with Gasteiger partial charge in [0, 0.05) is 18.1 Å². The van der Waals surface area contributed by atoms with Gasteiger partial charge in [0.05, 0.1) is 30.9 Å². The van der Waals surface area contributed by atoms with Gasteiger partial charge in [-0.25, -0.2) is 9.59 Å². The highest BCUT2D eigenvalue weighted by atomic mass is 16.7. The summed E-state index contributed by atoms with van der Waals surface area (Å²) in [6, 6.07) is 3.38. The summed E-state index contributed by atoms with van der Waals surface area (Å²) in [7, 11) is 2.23. The molecule has 40 heavy (non-hydrogen) atoms. The standard InChI is InChI=1S/C26H18O14/c1-36-10-6-9(27)14-15(17(10)29)20(32)22-16(18(14)30)23(33)26(40-22)12(28)5-8-3-7-4-11(24(34)37-2)38-25(35)13(7)19(31)21(8)39-26/h3-4,6,12,23,27-29,31,33H,5H2,1-2H3. The molecule has 5 N–H and O–H groups in total. The average Bonchev–Trinajstić information content (AvgIpc) is 3.21. The summed E-state index contributed by atoms with van der Waals surface area (Å²) in [5, 5.41) is 53.9. The van der Waals surface area contributed by atoms with Crippen LogP contribution >= 0.6 is 0 Å². The van der Waals surface area contributed by atoms with Crippen LogP contribution in [0.25, 0.3) is 10.8 Å². The predicted molar refractivity (Wildman–Crippen MR) is 128 cm³/mol. The molecule has 3 unspecified atom stereocenters. The number of allylic oxidation sites excluding steroid dienone is 1. The molecule has 1 aliphatic carbocycles. The number of Topliss-reactive ketones (excluding diaryl/α,β-unsaturated/α-hetero) is 2. The van der Waals surface area contributed by atoms with E-state index in [9.17, 15) is 44.7 Å². The number of esters is 1. The Balaban J connectivity index is 1.47. The third-order valence-corrected chi connectivity index (χ3v) is 7.11. The fourth-order valence-corrected chi connectivity index (χ4v) is 5.23. The number of aliphatic hydroxyl groups is 2. The van der Waals surface area contributed by atoms with Crippen molar-refractivity contribution in [2.75, 3.05) is 14.2 Å². The molecule has 3 heterocycles. The number of methoxy groups -OCH3 is 2. The second-order valence-electron chi connectivity index (χ2n) is 9.21. The van der Waals surface area contributed by atoms with Crippen molar-refractivity contribution in [1.29, 1.82) is 0 Å².